The zero-order valence-corrected chi connectivity index (χ0v) is 17.2. The molecular formula is C28H23N3. The average molecular weight is 402 g/mol. The number of rotatable bonds is 3. The zero-order chi connectivity index (χ0) is 20.8. The number of nitrogens with two attached hydrogens (primary N) is 1. The minimum Gasteiger partial charge on any atom is -0.370 e. The summed E-state index contributed by atoms with van der Waals surface area (Å²) in [7, 11) is 0. The van der Waals surface area contributed by atoms with Crippen LogP contribution in [0.1, 0.15) is 16.7 Å². The fraction of sp³-hybridized carbons (Fsp3) is 0.107. The van der Waals surface area contributed by atoms with Crippen molar-refractivity contribution in [3.8, 4) is 0 Å². The van der Waals surface area contributed by atoms with E-state index in [0.717, 1.165) is 18.5 Å². The van der Waals surface area contributed by atoms with Gasteiger partial charge in [-0.25, -0.2) is 4.99 Å². The van der Waals surface area contributed by atoms with Crippen LogP contribution in [-0.2, 0) is 19.4 Å². The summed E-state index contributed by atoms with van der Waals surface area (Å²) in [5.41, 5.74) is 11.4. The molecule has 0 bridgehead atoms. The highest BCUT2D eigenvalue weighted by atomic mass is 15.1. The van der Waals surface area contributed by atoms with Gasteiger partial charge >= 0.3 is 0 Å². The van der Waals surface area contributed by atoms with E-state index in [4.69, 9.17) is 5.73 Å². The van der Waals surface area contributed by atoms with Gasteiger partial charge < -0.3 is 11.1 Å². The molecule has 150 valence electrons. The molecule has 3 heteroatoms. The smallest absolute Gasteiger partial charge is 0.193 e. The van der Waals surface area contributed by atoms with Gasteiger partial charge in [0.25, 0.3) is 0 Å². The molecule has 5 aromatic rings. The first-order chi connectivity index (χ1) is 15.3. The van der Waals surface area contributed by atoms with Crippen LogP contribution in [0.4, 0.5) is 5.69 Å². The molecule has 0 spiro atoms. The number of aliphatic imine (C=N–C) groups is 1. The lowest BCUT2D eigenvalue weighted by molar-refractivity contribution is 1.02. The van der Waals surface area contributed by atoms with Gasteiger partial charge in [-0.1, -0.05) is 66.7 Å². The maximum Gasteiger partial charge on any atom is 0.193 e. The molecule has 6 rings (SSSR count). The van der Waals surface area contributed by atoms with Crippen LogP contribution in [0.5, 0.6) is 0 Å². The van der Waals surface area contributed by atoms with Crippen LogP contribution in [0, 0.1) is 0 Å². The minimum absolute atomic E-state index is 0.441. The summed E-state index contributed by atoms with van der Waals surface area (Å²) in [6.45, 7) is 0.537. The van der Waals surface area contributed by atoms with Gasteiger partial charge in [0.2, 0.25) is 0 Å². The maximum atomic E-state index is 6.31. The van der Waals surface area contributed by atoms with Crippen molar-refractivity contribution in [2.24, 2.45) is 10.7 Å². The van der Waals surface area contributed by atoms with E-state index in [2.05, 4.69) is 95.2 Å². The van der Waals surface area contributed by atoms with Crippen molar-refractivity contribution >= 4 is 44.0 Å². The third-order valence-corrected chi connectivity index (χ3v) is 6.40. The fourth-order valence-electron chi connectivity index (χ4n) is 4.87. The van der Waals surface area contributed by atoms with Gasteiger partial charge in [-0.05, 0) is 74.7 Å². The number of fused-ring (bicyclic) bond motifs is 2. The van der Waals surface area contributed by atoms with Crippen LogP contribution in [0.3, 0.4) is 0 Å². The van der Waals surface area contributed by atoms with E-state index in [1.54, 1.807) is 0 Å². The highest BCUT2D eigenvalue weighted by Crippen LogP contribution is 2.35. The molecule has 0 aromatic heterocycles. The molecule has 0 saturated heterocycles. The molecule has 0 radical (unpaired) electrons. The number of aryl methyl sites for hydroxylation is 2. The normalized spacial score (nSPS) is 13.4. The number of anilines is 1. The second kappa shape index (κ2) is 7.13. The van der Waals surface area contributed by atoms with E-state index < -0.39 is 0 Å². The Labute approximate surface area is 181 Å². The molecule has 0 atom stereocenters. The molecule has 0 saturated carbocycles. The van der Waals surface area contributed by atoms with Gasteiger partial charge in [0, 0.05) is 11.1 Å². The van der Waals surface area contributed by atoms with E-state index >= 15 is 0 Å². The Balaban J connectivity index is 1.32. The quantitative estimate of drug-likeness (QED) is 0.216. The second-order valence-corrected chi connectivity index (χ2v) is 8.28. The summed E-state index contributed by atoms with van der Waals surface area (Å²) in [6, 6.07) is 30.2. The summed E-state index contributed by atoms with van der Waals surface area (Å²) in [5, 5.41) is 10.9. The van der Waals surface area contributed by atoms with Crippen LogP contribution < -0.4 is 11.1 Å². The van der Waals surface area contributed by atoms with Gasteiger partial charge in [0.05, 0.1) is 6.54 Å². The summed E-state index contributed by atoms with van der Waals surface area (Å²) >= 11 is 0. The number of hydrogen-bond acceptors (Lipinski definition) is 1. The topological polar surface area (TPSA) is 50.4 Å². The van der Waals surface area contributed by atoms with Crippen LogP contribution in [-0.4, -0.2) is 5.96 Å². The molecule has 5 aromatic carbocycles. The number of nitrogens with zero attached hydrogens (tertiary/aromatic N) is 1. The first kappa shape index (κ1) is 18.0. The SMILES string of the molecule is NC(=NCc1cccc2cc3ccccc3cc12)Nc1ccc2c3c(cccc13)CC2. The number of benzene rings is 5. The third kappa shape index (κ3) is 3.10. The Morgan fingerprint density at radius 2 is 1.48 bits per heavy atom. The molecule has 1 aliphatic carbocycles. The second-order valence-electron chi connectivity index (χ2n) is 8.28. The molecular weight excluding hydrogens is 378 g/mol. The molecule has 0 heterocycles. The Hall–Kier alpha value is -3.85. The first-order valence-electron chi connectivity index (χ1n) is 10.8. The van der Waals surface area contributed by atoms with Gasteiger partial charge in [-0.3, -0.25) is 0 Å². The Bertz CT molecular complexity index is 1490. The van der Waals surface area contributed by atoms with Gasteiger partial charge in [-0.2, -0.15) is 0 Å². The standard InChI is InChI=1S/C28H23N3/c29-28(31-26-14-13-19-12-11-18-7-4-10-24(26)27(18)19)30-17-23-9-3-8-22-15-20-5-1-2-6-21(20)16-25(22)23/h1-10,13-16H,11-12,17H2,(H3,29,30,31). The molecule has 3 nitrogen and oxygen atoms in total. The predicted octanol–water partition coefficient (Wildman–Crippen LogP) is 6.17. The van der Waals surface area contributed by atoms with Crippen LogP contribution >= 0.6 is 0 Å². The Morgan fingerprint density at radius 1 is 0.742 bits per heavy atom. The molecule has 0 amide bonds. The first-order valence-corrected chi connectivity index (χ1v) is 10.8. The highest BCUT2D eigenvalue weighted by Gasteiger charge is 2.15. The van der Waals surface area contributed by atoms with Crippen molar-refractivity contribution in [3.05, 3.63) is 102 Å². The molecule has 0 unspecified atom stereocenters. The molecule has 31 heavy (non-hydrogen) atoms. The zero-order valence-electron chi connectivity index (χ0n) is 17.2. The van der Waals surface area contributed by atoms with Crippen molar-refractivity contribution in [3.63, 3.8) is 0 Å². The summed E-state index contributed by atoms with van der Waals surface area (Å²) in [6.07, 6.45) is 2.24. The third-order valence-electron chi connectivity index (χ3n) is 6.40. The molecule has 1 aliphatic rings. The monoisotopic (exact) mass is 401 g/mol. The molecule has 3 N–H and O–H groups in total. The summed E-state index contributed by atoms with van der Waals surface area (Å²) in [5.74, 6) is 0.441. The lowest BCUT2D eigenvalue weighted by Gasteiger charge is -2.11. The van der Waals surface area contributed by atoms with Crippen molar-refractivity contribution in [2.45, 2.75) is 19.4 Å². The largest absolute Gasteiger partial charge is 0.370 e. The van der Waals surface area contributed by atoms with Gasteiger partial charge in [0.1, 0.15) is 0 Å². The van der Waals surface area contributed by atoms with Crippen LogP contribution in [0.2, 0.25) is 0 Å². The lowest BCUT2D eigenvalue weighted by Crippen LogP contribution is -2.22. The van der Waals surface area contributed by atoms with E-state index in [0.29, 0.717) is 12.5 Å². The van der Waals surface area contributed by atoms with Crippen LogP contribution in [0.15, 0.2) is 89.9 Å². The van der Waals surface area contributed by atoms with E-state index in [1.165, 1.54) is 49.0 Å². The summed E-state index contributed by atoms with van der Waals surface area (Å²) < 4.78 is 0. The van der Waals surface area contributed by atoms with Gasteiger partial charge in [0.15, 0.2) is 5.96 Å². The van der Waals surface area contributed by atoms with Crippen molar-refractivity contribution in [2.75, 3.05) is 5.32 Å². The van der Waals surface area contributed by atoms with E-state index in [9.17, 15) is 0 Å². The maximum absolute atomic E-state index is 6.31. The average Bonchev–Trinajstić information content (AvgIpc) is 3.23. The Kier molecular flexibility index (Phi) is 4.13. The van der Waals surface area contributed by atoms with Crippen LogP contribution in [0.25, 0.3) is 32.3 Å². The minimum atomic E-state index is 0.441. The number of guanidine groups is 1. The fourth-order valence-corrected chi connectivity index (χ4v) is 4.87. The molecule has 0 aliphatic heterocycles. The predicted molar refractivity (Wildman–Crippen MR) is 132 cm³/mol. The number of nitrogens with one attached hydrogen (secondary N) is 1. The van der Waals surface area contributed by atoms with E-state index in [-0.39, 0.29) is 0 Å². The lowest BCUT2D eigenvalue weighted by atomic mass is 10.00. The van der Waals surface area contributed by atoms with Crippen molar-refractivity contribution in [1.29, 1.82) is 0 Å². The molecule has 0 fully saturated rings. The van der Waals surface area contributed by atoms with Crippen molar-refractivity contribution in [1.82, 2.24) is 0 Å². The summed E-state index contributed by atoms with van der Waals surface area (Å²) in [4.78, 5) is 4.67. The Morgan fingerprint density at radius 3 is 2.35 bits per heavy atom. The van der Waals surface area contributed by atoms with E-state index in [1.807, 2.05) is 0 Å². The van der Waals surface area contributed by atoms with Gasteiger partial charge in [-0.15, -0.1) is 0 Å². The highest BCUT2D eigenvalue weighted by molar-refractivity contribution is 6.05. The number of hydrogen-bond donors (Lipinski definition) is 2. The van der Waals surface area contributed by atoms with Crippen molar-refractivity contribution < 1.29 is 0 Å².